The zero-order valence-corrected chi connectivity index (χ0v) is 20.5. The van der Waals surface area contributed by atoms with Crippen LogP contribution >= 0.6 is 0 Å². The van der Waals surface area contributed by atoms with Crippen LogP contribution in [0.15, 0.2) is 34.9 Å². The van der Waals surface area contributed by atoms with E-state index in [0.29, 0.717) is 12.8 Å². The average Bonchev–Trinajstić information content (AvgIpc) is 2.58. The van der Waals surface area contributed by atoms with Gasteiger partial charge in [-0.2, -0.15) is 0 Å². The molecule has 0 aliphatic heterocycles. The second kappa shape index (κ2) is 14.8. The van der Waals surface area contributed by atoms with Gasteiger partial charge in [-0.05, 0) is 87.0 Å². The lowest BCUT2D eigenvalue weighted by atomic mass is 10.0. The highest BCUT2D eigenvalue weighted by Gasteiger charge is 2.25. The molecule has 0 heterocycles. The van der Waals surface area contributed by atoms with E-state index in [1.54, 1.807) is 20.8 Å². The molecule has 0 aromatic heterocycles. The molecule has 6 heteroatoms. The van der Waals surface area contributed by atoms with Crippen molar-refractivity contribution >= 4 is 12.1 Å². The van der Waals surface area contributed by atoms with Crippen LogP contribution in [-0.4, -0.2) is 40.0 Å². The van der Waals surface area contributed by atoms with Gasteiger partial charge in [-0.25, -0.2) is 4.79 Å². The zero-order valence-electron chi connectivity index (χ0n) is 20.5. The summed E-state index contributed by atoms with van der Waals surface area (Å²) in [6.07, 6.45) is 9.49. The van der Waals surface area contributed by atoms with Crippen molar-refractivity contribution in [1.82, 2.24) is 5.32 Å². The minimum absolute atomic E-state index is 0.431. The molecular formula is C25H43NO5. The van der Waals surface area contributed by atoms with Crippen molar-refractivity contribution in [3.05, 3.63) is 34.9 Å². The molecule has 0 saturated heterocycles. The van der Waals surface area contributed by atoms with Crippen LogP contribution in [0, 0.1) is 0 Å². The number of carbonyl (C=O) groups is 2. The molecule has 0 aliphatic rings. The van der Waals surface area contributed by atoms with Gasteiger partial charge in [0, 0.05) is 0 Å². The van der Waals surface area contributed by atoms with Gasteiger partial charge >= 0.3 is 12.1 Å². The predicted molar refractivity (Wildman–Crippen MR) is 126 cm³/mol. The first-order valence-electron chi connectivity index (χ1n) is 11.1. The van der Waals surface area contributed by atoms with Crippen molar-refractivity contribution in [2.75, 3.05) is 0 Å². The van der Waals surface area contributed by atoms with Crippen LogP contribution < -0.4 is 5.32 Å². The molecule has 31 heavy (non-hydrogen) atoms. The molecule has 0 aliphatic carbocycles. The Labute approximate surface area is 188 Å². The topological polar surface area (TPSA) is 95.9 Å². The van der Waals surface area contributed by atoms with E-state index in [4.69, 9.17) is 9.84 Å². The van der Waals surface area contributed by atoms with Gasteiger partial charge in [-0.1, -0.05) is 34.9 Å². The molecule has 0 fully saturated rings. The molecule has 0 spiro atoms. The number of allylic oxidation sites excluding steroid dienone is 6. The SMILES string of the molecule is CC(C)=CCCC(C)=CCCC(C)=CCC[C@H](NC(=O)OC(C)(C)C)[C@@H](O)CC(=O)O. The van der Waals surface area contributed by atoms with Gasteiger partial charge in [0.25, 0.3) is 0 Å². The van der Waals surface area contributed by atoms with E-state index in [1.807, 2.05) is 0 Å². The molecule has 0 unspecified atom stereocenters. The molecule has 0 rings (SSSR count). The fourth-order valence-corrected chi connectivity index (χ4v) is 2.99. The Morgan fingerprint density at radius 3 is 1.94 bits per heavy atom. The van der Waals surface area contributed by atoms with Gasteiger partial charge < -0.3 is 20.3 Å². The van der Waals surface area contributed by atoms with Gasteiger partial charge in [-0.3, -0.25) is 4.79 Å². The maximum Gasteiger partial charge on any atom is 0.407 e. The van der Waals surface area contributed by atoms with Gasteiger partial charge in [0.05, 0.1) is 18.6 Å². The van der Waals surface area contributed by atoms with Gasteiger partial charge in [0.15, 0.2) is 0 Å². The number of carbonyl (C=O) groups excluding carboxylic acids is 1. The number of hydrogen-bond donors (Lipinski definition) is 3. The second-order valence-electron chi connectivity index (χ2n) is 9.46. The highest BCUT2D eigenvalue weighted by Crippen LogP contribution is 2.15. The Hall–Kier alpha value is -2.08. The van der Waals surface area contributed by atoms with Crippen molar-refractivity contribution in [3.8, 4) is 0 Å². The molecular weight excluding hydrogens is 394 g/mol. The molecule has 6 nitrogen and oxygen atoms in total. The first kappa shape index (κ1) is 28.9. The molecule has 0 saturated carbocycles. The van der Waals surface area contributed by atoms with Crippen molar-refractivity contribution in [3.63, 3.8) is 0 Å². The van der Waals surface area contributed by atoms with Crippen LogP contribution in [0.1, 0.15) is 93.4 Å². The number of carboxylic acid groups (broad SMARTS) is 1. The van der Waals surface area contributed by atoms with Crippen LogP contribution in [0.3, 0.4) is 0 Å². The van der Waals surface area contributed by atoms with Crippen LogP contribution in [0.5, 0.6) is 0 Å². The van der Waals surface area contributed by atoms with Gasteiger partial charge in [-0.15, -0.1) is 0 Å². The summed E-state index contributed by atoms with van der Waals surface area (Å²) >= 11 is 0. The van der Waals surface area contributed by atoms with Crippen LogP contribution in [0.25, 0.3) is 0 Å². The fraction of sp³-hybridized carbons (Fsp3) is 0.680. The number of aliphatic hydroxyl groups is 1. The quantitative estimate of drug-likeness (QED) is 0.311. The highest BCUT2D eigenvalue weighted by molar-refractivity contribution is 5.69. The lowest BCUT2D eigenvalue weighted by molar-refractivity contribution is -0.139. The number of nitrogens with one attached hydrogen (secondary N) is 1. The largest absolute Gasteiger partial charge is 0.481 e. The molecule has 0 bridgehead atoms. The van der Waals surface area contributed by atoms with E-state index in [-0.39, 0.29) is 0 Å². The zero-order chi connectivity index (χ0) is 24.0. The van der Waals surface area contributed by atoms with E-state index in [9.17, 15) is 14.7 Å². The van der Waals surface area contributed by atoms with E-state index < -0.39 is 36.2 Å². The van der Waals surface area contributed by atoms with E-state index in [2.05, 4.69) is 51.2 Å². The maximum atomic E-state index is 12.1. The average molecular weight is 438 g/mol. The number of amides is 1. The summed E-state index contributed by atoms with van der Waals surface area (Å²) in [5, 5.41) is 21.8. The monoisotopic (exact) mass is 437 g/mol. The summed E-state index contributed by atoms with van der Waals surface area (Å²) in [6, 6.07) is -0.688. The number of alkyl carbamates (subject to hydrolysis) is 1. The standard InChI is InChI=1S/C25H43NO5/c1-18(2)11-8-12-19(3)13-9-14-20(4)15-10-16-21(22(27)17-23(28)29)26-24(30)31-25(5,6)7/h11,13,15,21-22,27H,8-10,12,14,16-17H2,1-7H3,(H,26,30)(H,28,29)/t21-,22-/m0/s1. The van der Waals surface area contributed by atoms with Crippen LogP contribution in [-0.2, 0) is 9.53 Å². The second-order valence-corrected chi connectivity index (χ2v) is 9.46. The summed E-state index contributed by atoms with van der Waals surface area (Å²) in [4.78, 5) is 23.0. The van der Waals surface area contributed by atoms with Crippen LogP contribution in [0.2, 0.25) is 0 Å². The number of aliphatic hydroxyl groups excluding tert-OH is 1. The molecule has 178 valence electrons. The summed E-state index contributed by atoms with van der Waals surface area (Å²) in [7, 11) is 0. The van der Waals surface area contributed by atoms with Gasteiger partial charge in [0.1, 0.15) is 5.60 Å². The van der Waals surface area contributed by atoms with Crippen molar-refractivity contribution in [2.24, 2.45) is 0 Å². The fourth-order valence-electron chi connectivity index (χ4n) is 2.99. The van der Waals surface area contributed by atoms with Crippen molar-refractivity contribution < 1.29 is 24.5 Å². The van der Waals surface area contributed by atoms with Crippen LogP contribution in [0.4, 0.5) is 4.79 Å². The number of hydrogen-bond acceptors (Lipinski definition) is 4. The summed E-state index contributed by atoms with van der Waals surface area (Å²) in [6.45, 7) is 13.7. The minimum Gasteiger partial charge on any atom is -0.481 e. The predicted octanol–water partition coefficient (Wildman–Crippen LogP) is 5.91. The molecule has 0 aromatic carbocycles. The Balaban J connectivity index is 4.67. The number of carboxylic acids is 1. The number of ether oxygens (including phenoxy) is 1. The summed E-state index contributed by atoms with van der Waals surface area (Å²) in [5.41, 5.74) is 3.31. The van der Waals surface area contributed by atoms with E-state index >= 15 is 0 Å². The third-order valence-electron chi connectivity index (χ3n) is 4.64. The number of aliphatic carboxylic acids is 1. The normalized spacial score (nSPS) is 14.6. The summed E-state index contributed by atoms with van der Waals surface area (Å²) < 4.78 is 5.23. The smallest absolute Gasteiger partial charge is 0.407 e. The van der Waals surface area contributed by atoms with E-state index in [0.717, 1.165) is 25.7 Å². The third kappa shape index (κ3) is 17.3. The first-order valence-corrected chi connectivity index (χ1v) is 11.1. The minimum atomic E-state index is -1.18. The van der Waals surface area contributed by atoms with Crippen molar-refractivity contribution in [1.29, 1.82) is 0 Å². The van der Waals surface area contributed by atoms with Gasteiger partial charge in [0.2, 0.25) is 0 Å². The maximum absolute atomic E-state index is 12.1. The summed E-state index contributed by atoms with van der Waals surface area (Å²) in [5.74, 6) is -1.11. The lowest BCUT2D eigenvalue weighted by Gasteiger charge is -2.26. The lowest BCUT2D eigenvalue weighted by Crippen LogP contribution is -2.46. The Kier molecular flexibility index (Phi) is 13.8. The molecule has 0 aromatic rings. The number of rotatable bonds is 13. The molecule has 2 atom stereocenters. The Morgan fingerprint density at radius 2 is 1.45 bits per heavy atom. The Morgan fingerprint density at radius 1 is 0.935 bits per heavy atom. The van der Waals surface area contributed by atoms with Crippen molar-refractivity contribution in [2.45, 2.75) is 111 Å². The molecule has 3 N–H and O–H groups in total. The highest BCUT2D eigenvalue weighted by atomic mass is 16.6. The third-order valence-corrected chi connectivity index (χ3v) is 4.64. The Bertz CT molecular complexity index is 651. The molecule has 1 amide bonds. The first-order chi connectivity index (χ1) is 14.3. The van der Waals surface area contributed by atoms with E-state index in [1.165, 1.54) is 16.7 Å². The molecule has 0 radical (unpaired) electrons.